The van der Waals surface area contributed by atoms with Gasteiger partial charge in [0.1, 0.15) is 16.4 Å². The number of carbonyl (C=O) groups is 1. The van der Waals surface area contributed by atoms with Gasteiger partial charge in [-0.3, -0.25) is 4.31 Å². The monoisotopic (exact) mass is 655 g/mol. The lowest BCUT2D eigenvalue weighted by Crippen LogP contribution is -2.32. The van der Waals surface area contributed by atoms with E-state index in [4.69, 9.17) is 21.1 Å². The van der Waals surface area contributed by atoms with Gasteiger partial charge in [0, 0.05) is 15.5 Å². The van der Waals surface area contributed by atoms with Gasteiger partial charge in [-0.1, -0.05) is 78.3 Å². The lowest BCUT2D eigenvalue weighted by molar-refractivity contribution is 0.0607. The molecule has 1 aliphatic heterocycles. The number of halogens is 1. The summed E-state index contributed by atoms with van der Waals surface area (Å²) in [6.45, 7) is 3.44. The van der Waals surface area contributed by atoms with Crippen molar-refractivity contribution in [2.45, 2.75) is 31.7 Å². The van der Waals surface area contributed by atoms with Crippen LogP contribution in [0.15, 0.2) is 108 Å². The number of carbonyl (C=O) groups excluding carboxylic acids is 1. The standard InChI is InChI=1S/C36H30ClNO5S2/c1-23-19-34(24(2)18-29(23)37)45(40,41)38(30-21-33(27-12-5-4-6-13-27)44-35(30)36(39)42-3)22-25-10-9-14-28(20-25)32-17-16-26-11-7-8-15-31(26)43-32/h4-15,17-21H,16,22H2,1-3H3. The fourth-order valence-corrected chi connectivity index (χ4v) is 8.41. The Hall–Kier alpha value is -4.37. The molecule has 6 nitrogen and oxygen atoms in total. The smallest absolute Gasteiger partial charge is 0.350 e. The third kappa shape index (κ3) is 6.14. The molecule has 0 aliphatic carbocycles. The minimum atomic E-state index is -4.21. The Balaban J connectivity index is 1.48. The minimum absolute atomic E-state index is 0.0455. The second-order valence-corrected chi connectivity index (χ2v) is 14.0. The average Bonchev–Trinajstić information content (AvgIpc) is 3.50. The summed E-state index contributed by atoms with van der Waals surface area (Å²) in [5, 5.41) is 0.477. The molecule has 5 aromatic rings. The number of nitrogens with zero attached hydrogens (tertiary/aromatic N) is 1. The van der Waals surface area contributed by atoms with Crippen LogP contribution in [0, 0.1) is 13.8 Å². The molecule has 0 radical (unpaired) electrons. The van der Waals surface area contributed by atoms with E-state index >= 15 is 0 Å². The molecule has 1 aliphatic rings. The Morgan fingerprint density at radius 3 is 2.42 bits per heavy atom. The molecule has 45 heavy (non-hydrogen) atoms. The summed E-state index contributed by atoms with van der Waals surface area (Å²) in [5.74, 6) is 0.883. The van der Waals surface area contributed by atoms with Crippen LogP contribution in [0.3, 0.4) is 0 Å². The third-order valence-electron chi connectivity index (χ3n) is 7.67. The van der Waals surface area contributed by atoms with Crippen LogP contribution in [-0.2, 0) is 27.7 Å². The molecule has 0 fully saturated rings. The topological polar surface area (TPSA) is 72.9 Å². The molecule has 0 amide bonds. The predicted molar refractivity (Wildman–Crippen MR) is 181 cm³/mol. The van der Waals surface area contributed by atoms with Gasteiger partial charge in [0.2, 0.25) is 0 Å². The quantitative estimate of drug-likeness (QED) is 0.156. The zero-order valence-electron chi connectivity index (χ0n) is 24.9. The number of methoxy groups -OCH3 is 1. The maximum absolute atomic E-state index is 14.7. The van der Waals surface area contributed by atoms with Crippen molar-refractivity contribution in [2.24, 2.45) is 0 Å². The molecule has 2 heterocycles. The van der Waals surface area contributed by atoms with Crippen LogP contribution in [0.4, 0.5) is 5.69 Å². The van der Waals surface area contributed by atoms with Gasteiger partial charge < -0.3 is 9.47 Å². The first-order chi connectivity index (χ1) is 21.7. The lowest BCUT2D eigenvalue weighted by Gasteiger charge is -2.26. The summed E-state index contributed by atoms with van der Waals surface area (Å²) in [6.07, 6.45) is 2.75. The van der Waals surface area contributed by atoms with E-state index in [1.54, 1.807) is 32.0 Å². The van der Waals surface area contributed by atoms with Crippen molar-refractivity contribution < 1.29 is 22.7 Å². The summed E-state index contributed by atoms with van der Waals surface area (Å²) in [6, 6.07) is 30.0. The molecule has 0 bridgehead atoms. The predicted octanol–water partition coefficient (Wildman–Crippen LogP) is 8.84. The number of ether oxygens (including phenoxy) is 2. The highest BCUT2D eigenvalue weighted by atomic mass is 35.5. The van der Waals surface area contributed by atoms with E-state index in [0.29, 0.717) is 27.5 Å². The number of benzene rings is 4. The van der Waals surface area contributed by atoms with Gasteiger partial charge in [0.05, 0.1) is 24.2 Å². The van der Waals surface area contributed by atoms with Gasteiger partial charge >= 0.3 is 5.97 Å². The summed E-state index contributed by atoms with van der Waals surface area (Å²) >= 11 is 7.55. The molecule has 4 aromatic carbocycles. The highest BCUT2D eigenvalue weighted by molar-refractivity contribution is 7.92. The Bertz CT molecular complexity index is 2050. The number of aryl methyl sites for hydroxylation is 2. The normalized spacial score (nSPS) is 12.6. The van der Waals surface area contributed by atoms with Gasteiger partial charge in [-0.05, 0) is 84.5 Å². The molecule has 0 spiro atoms. The number of sulfonamides is 1. The van der Waals surface area contributed by atoms with E-state index in [1.165, 1.54) is 22.8 Å². The van der Waals surface area contributed by atoms with Crippen LogP contribution in [0.5, 0.6) is 5.75 Å². The van der Waals surface area contributed by atoms with Crippen LogP contribution in [0.25, 0.3) is 16.2 Å². The zero-order valence-corrected chi connectivity index (χ0v) is 27.3. The van der Waals surface area contributed by atoms with Crippen molar-refractivity contribution in [1.82, 2.24) is 0 Å². The molecular formula is C36H30ClNO5S2. The van der Waals surface area contributed by atoms with Crippen LogP contribution in [0.2, 0.25) is 5.02 Å². The van der Waals surface area contributed by atoms with E-state index in [-0.39, 0.29) is 22.0 Å². The van der Waals surface area contributed by atoms with Crippen LogP contribution in [-0.4, -0.2) is 21.5 Å². The van der Waals surface area contributed by atoms with E-state index in [9.17, 15) is 13.2 Å². The summed E-state index contributed by atoms with van der Waals surface area (Å²) in [5.41, 5.74) is 4.87. The van der Waals surface area contributed by atoms with Crippen LogP contribution in [0.1, 0.15) is 37.5 Å². The first-order valence-electron chi connectivity index (χ1n) is 14.3. The molecule has 0 unspecified atom stereocenters. The van der Waals surface area contributed by atoms with Gasteiger partial charge in [-0.2, -0.15) is 0 Å². The van der Waals surface area contributed by atoms with E-state index in [2.05, 4.69) is 0 Å². The lowest BCUT2D eigenvalue weighted by atomic mass is 10.0. The first kappa shape index (κ1) is 30.6. The largest absolute Gasteiger partial charge is 0.465 e. The van der Waals surface area contributed by atoms with E-state index in [1.807, 2.05) is 84.9 Å². The highest BCUT2D eigenvalue weighted by Gasteiger charge is 2.33. The van der Waals surface area contributed by atoms with Crippen molar-refractivity contribution in [2.75, 3.05) is 11.4 Å². The third-order valence-corrected chi connectivity index (χ3v) is 11.1. The highest BCUT2D eigenvalue weighted by Crippen LogP contribution is 2.41. The molecule has 228 valence electrons. The number of rotatable bonds is 8. The van der Waals surface area contributed by atoms with Gasteiger partial charge in [-0.15, -0.1) is 11.3 Å². The van der Waals surface area contributed by atoms with Crippen LogP contribution >= 0.6 is 22.9 Å². The number of allylic oxidation sites excluding steroid dienone is 1. The number of hydrogen-bond donors (Lipinski definition) is 0. The number of esters is 1. The molecule has 0 N–H and O–H groups in total. The Labute approximate surface area is 272 Å². The van der Waals surface area contributed by atoms with Crippen LogP contribution < -0.4 is 9.04 Å². The number of hydrogen-bond acceptors (Lipinski definition) is 6. The minimum Gasteiger partial charge on any atom is -0.465 e. The molecule has 9 heteroatoms. The second kappa shape index (κ2) is 12.6. The van der Waals surface area contributed by atoms with E-state index in [0.717, 1.165) is 33.7 Å². The van der Waals surface area contributed by atoms with Gasteiger partial charge in [0.25, 0.3) is 10.0 Å². The Morgan fingerprint density at radius 2 is 1.64 bits per heavy atom. The second-order valence-electron chi connectivity index (χ2n) is 10.7. The fraction of sp³-hybridized carbons (Fsp3) is 0.139. The van der Waals surface area contributed by atoms with Gasteiger partial charge in [0.15, 0.2) is 0 Å². The van der Waals surface area contributed by atoms with Crippen molar-refractivity contribution in [1.29, 1.82) is 0 Å². The molecule has 0 saturated heterocycles. The zero-order chi connectivity index (χ0) is 31.7. The number of fused-ring (bicyclic) bond motifs is 1. The molecule has 1 aromatic heterocycles. The Morgan fingerprint density at radius 1 is 0.911 bits per heavy atom. The molecule has 6 rings (SSSR count). The number of anilines is 1. The summed E-state index contributed by atoms with van der Waals surface area (Å²) in [7, 11) is -2.91. The average molecular weight is 656 g/mol. The van der Waals surface area contributed by atoms with Crippen molar-refractivity contribution in [3.63, 3.8) is 0 Å². The van der Waals surface area contributed by atoms with Gasteiger partial charge in [-0.25, -0.2) is 13.2 Å². The maximum atomic E-state index is 14.7. The van der Waals surface area contributed by atoms with Crippen molar-refractivity contribution in [3.05, 3.63) is 141 Å². The summed E-state index contributed by atoms with van der Waals surface area (Å²) < 4.78 is 42.0. The molecular weight excluding hydrogens is 626 g/mol. The Kier molecular flexibility index (Phi) is 8.55. The van der Waals surface area contributed by atoms with E-state index < -0.39 is 16.0 Å². The number of para-hydroxylation sites is 1. The fourth-order valence-electron chi connectivity index (χ4n) is 5.30. The SMILES string of the molecule is COC(=O)c1sc(-c2ccccc2)cc1N(Cc1cccc(C2=CCc3ccccc3O2)c1)S(=O)(=O)c1cc(C)c(Cl)cc1C. The number of thiophene rings is 1. The summed E-state index contributed by atoms with van der Waals surface area (Å²) in [4.78, 5) is 14.2. The molecule has 0 atom stereocenters. The molecule has 0 saturated carbocycles. The van der Waals surface area contributed by atoms with Crippen molar-refractivity contribution >= 4 is 50.4 Å². The maximum Gasteiger partial charge on any atom is 0.350 e. The van der Waals surface area contributed by atoms with Crippen molar-refractivity contribution in [3.8, 4) is 16.2 Å². The first-order valence-corrected chi connectivity index (χ1v) is 16.9.